The van der Waals surface area contributed by atoms with E-state index in [1.807, 2.05) is 0 Å². The first-order valence-electron chi connectivity index (χ1n) is 7.22. The molecule has 1 aromatic carbocycles. The summed E-state index contributed by atoms with van der Waals surface area (Å²) in [7, 11) is 0. The number of hydrogen-bond donors (Lipinski definition) is 1. The Labute approximate surface area is 110 Å². The van der Waals surface area contributed by atoms with E-state index >= 15 is 0 Å². The molecule has 2 N–H and O–H groups in total. The van der Waals surface area contributed by atoms with E-state index in [0.717, 1.165) is 19.8 Å². The van der Waals surface area contributed by atoms with Crippen LogP contribution in [0.2, 0.25) is 0 Å². The Morgan fingerprint density at radius 3 is 2.61 bits per heavy atom. The predicted molar refractivity (Wildman–Crippen MR) is 73.8 cm³/mol. The van der Waals surface area contributed by atoms with Gasteiger partial charge in [0.1, 0.15) is 0 Å². The van der Waals surface area contributed by atoms with Crippen molar-refractivity contribution in [1.82, 2.24) is 0 Å². The lowest BCUT2D eigenvalue weighted by Crippen LogP contribution is -2.41. The second kappa shape index (κ2) is 5.02. The summed E-state index contributed by atoms with van der Waals surface area (Å²) in [4.78, 5) is 0. The highest BCUT2D eigenvalue weighted by molar-refractivity contribution is 5.34. The van der Waals surface area contributed by atoms with E-state index in [4.69, 9.17) is 10.5 Å². The summed E-state index contributed by atoms with van der Waals surface area (Å²) >= 11 is 0. The van der Waals surface area contributed by atoms with Crippen LogP contribution in [0, 0.1) is 0 Å². The molecule has 0 spiro atoms. The van der Waals surface area contributed by atoms with E-state index in [1.165, 1.54) is 43.2 Å². The summed E-state index contributed by atoms with van der Waals surface area (Å²) in [6.45, 7) is 2.62. The molecule has 98 valence electrons. The van der Waals surface area contributed by atoms with Crippen molar-refractivity contribution in [2.45, 2.75) is 43.4 Å². The Bertz CT molecular complexity index is 400. The van der Waals surface area contributed by atoms with Crippen molar-refractivity contribution in [2.24, 2.45) is 5.73 Å². The number of rotatable bonds is 3. The molecule has 1 aliphatic carbocycles. The molecule has 0 bridgehead atoms. The largest absolute Gasteiger partial charge is 0.381 e. The number of ether oxygens (including phenoxy) is 1. The first kappa shape index (κ1) is 12.2. The van der Waals surface area contributed by atoms with Gasteiger partial charge in [-0.15, -0.1) is 0 Å². The van der Waals surface area contributed by atoms with E-state index in [2.05, 4.69) is 24.3 Å². The minimum absolute atomic E-state index is 0.293. The Kier molecular flexibility index (Phi) is 3.40. The van der Waals surface area contributed by atoms with Gasteiger partial charge in [0.2, 0.25) is 0 Å². The first-order chi connectivity index (χ1) is 8.84. The van der Waals surface area contributed by atoms with Crippen LogP contribution in [0.3, 0.4) is 0 Å². The average molecular weight is 245 g/mol. The molecule has 2 nitrogen and oxygen atoms in total. The van der Waals surface area contributed by atoms with Crippen molar-refractivity contribution in [2.75, 3.05) is 19.8 Å². The third-order valence-electron chi connectivity index (χ3n) is 4.89. The van der Waals surface area contributed by atoms with E-state index in [9.17, 15) is 0 Å². The van der Waals surface area contributed by atoms with E-state index < -0.39 is 0 Å². The van der Waals surface area contributed by atoms with Crippen LogP contribution in [0.15, 0.2) is 24.3 Å². The molecule has 0 atom stereocenters. The van der Waals surface area contributed by atoms with Gasteiger partial charge in [0.05, 0.1) is 0 Å². The third-order valence-corrected chi connectivity index (χ3v) is 4.89. The van der Waals surface area contributed by atoms with E-state index in [1.54, 1.807) is 0 Å². The molecule has 0 unspecified atom stereocenters. The zero-order valence-corrected chi connectivity index (χ0v) is 11.0. The van der Waals surface area contributed by atoms with Crippen LogP contribution in [0.1, 0.15) is 49.1 Å². The fraction of sp³-hybridized carbons (Fsp3) is 0.625. The molecule has 1 aromatic rings. The number of nitrogens with two attached hydrogens (primary N) is 1. The highest BCUT2D eigenvalue weighted by Gasteiger charge is 2.37. The maximum absolute atomic E-state index is 6.01. The highest BCUT2D eigenvalue weighted by Crippen LogP contribution is 2.43. The molecule has 2 aliphatic rings. The Morgan fingerprint density at radius 1 is 1.22 bits per heavy atom. The van der Waals surface area contributed by atoms with Crippen LogP contribution in [-0.2, 0) is 10.2 Å². The molecule has 1 aliphatic heterocycles. The maximum Gasteiger partial charge on any atom is 0.0471 e. The van der Waals surface area contributed by atoms with Crippen LogP contribution >= 0.6 is 0 Å². The molecular formula is C16H23NO. The van der Waals surface area contributed by atoms with Gasteiger partial charge in [-0.05, 0) is 42.7 Å². The second-order valence-corrected chi connectivity index (χ2v) is 5.85. The maximum atomic E-state index is 6.01. The summed E-state index contributed by atoms with van der Waals surface area (Å²) in [6, 6.07) is 9.19. The zero-order chi connectivity index (χ0) is 12.4. The normalized spacial score (nSPS) is 23.6. The fourth-order valence-electron chi connectivity index (χ4n) is 3.37. The van der Waals surface area contributed by atoms with Crippen LogP contribution in [0.25, 0.3) is 0 Å². The minimum atomic E-state index is 0.293. The lowest BCUT2D eigenvalue weighted by molar-refractivity contribution is 0.0853. The van der Waals surface area contributed by atoms with Crippen LogP contribution in [0.5, 0.6) is 0 Å². The summed E-state index contributed by atoms with van der Waals surface area (Å²) in [5, 5.41) is 0. The van der Waals surface area contributed by atoms with Gasteiger partial charge in [-0.2, -0.15) is 0 Å². The van der Waals surface area contributed by atoms with Gasteiger partial charge in [-0.25, -0.2) is 0 Å². The summed E-state index contributed by atoms with van der Waals surface area (Å²) in [6.07, 6.45) is 6.19. The van der Waals surface area contributed by atoms with Crippen molar-refractivity contribution < 1.29 is 4.74 Å². The Hall–Kier alpha value is -0.860. The van der Waals surface area contributed by atoms with Crippen molar-refractivity contribution in [1.29, 1.82) is 0 Å². The van der Waals surface area contributed by atoms with E-state index in [-0.39, 0.29) is 0 Å². The van der Waals surface area contributed by atoms with Crippen LogP contribution in [0.4, 0.5) is 0 Å². The fourth-order valence-corrected chi connectivity index (χ4v) is 3.37. The molecule has 0 amide bonds. The third kappa shape index (κ3) is 2.08. The first-order valence-corrected chi connectivity index (χ1v) is 7.22. The molecule has 0 radical (unpaired) electrons. The molecule has 2 fully saturated rings. The molecular weight excluding hydrogens is 222 g/mol. The smallest absolute Gasteiger partial charge is 0.0471 e. The Morgan fingerprint density at radius 2 is 2.00 bits per heavy atom. The summed E-state index contributed by atoms with van der Waals surface area (Å²) < 4.78 is 5.45. The monoisotopic (exact) mass is 245 g/mol. The SMILES string of the molecule is NCC1(c2cccc(C3CCOCC3)c2)CCC1. The molecule has 2 heteroatoms. The van der Waals surface area contributed by atoms with Crippen molar-refractivity contribution in [3.63, 3.8) is 0 Å². The molecule has 1 heterocycles. The van der Waals surface area contributed by atoms with Crippen molar-refractivity contribution in [3.8, 4) is 0 Å². The lowest BCUT2D eigenvalue weighted by atomic mass is 9.64. The molecule has 1 saturated carbocycles. The van der Waals surface area contributed by atoms with Gasteiger partial charge in [-0.3, -0.25) is 0 Å². The zero-order valence-electron chi connectivity index (χ0n) is 11.0. The topological polar surface area (TPSA) is 35.2 Å². The predicted octanol–water partition coefficient (Wildman–Crippen LogP) is 2.96. The Balaban J connectivity index is 1.84. The summed E-state index contributed by atoms with van der Waals surface area (Å²) in [5.74, 6) is 0.689. The van der Waals surface area contributed by atoms with Crippen LogP contribution in [-0.4, -0.2) is 19.8 Å². The van der Waals surface area contributed by atoms with Gasteiger partial charge in [-0.1, -0.05) is 30.7 Å². The quantitative estimate of drug-likeness (QED) is 0.888. The lowest BCUT2D eigenvalue weighted by Gasteiger charge is -2.42. The van der Waals surface area contributed by atoms with Gasteiger partial charge < -0.3 is 10.5 Å². The minimum Gasteiger partial charge on any atom is -0.381 e. The number of benzene rings is 1. The van der Waals surface area contributed by atoms with Gasteiger partial charge in [0, 0.05) is 25.2 Å². The van der Waals surface area contributed by atoms with Crippen molar-refractivity contribution in [3.05, 3.63) is 35.4 Å². The molecule has 18 heavy (non-hydrogen) atoms. The van der Waals surface area contributed by atoms with Gasteiger partial charge in [0.25, 0.3) is 0 Å². The second-order valence-electron chi connectivity index (χ2n) is 5.85. The van der Waals surface area contributed by atoms with Gasteiger partial charge in [0.15, 0.2) is 0 Å². The number of hydrogen-bond acceptors (Lipinski definition) is 2. The average Bonchev–Trinajstić information content (AvgIpc) is 2.40. The molecule has 1 saturated heterocycles. The van der Waals surface area contributed by atoms with Gasteiger partial charge >= 0.3 is 0 Å². The van der Waals surface area contributed by atoms with Crippen molar-refractivity contribution >= 4 is 0 Å². The molecule has 0 aromatic heterocycles. The summed E-state index contributed by atoms with van der Waals surface area (Å²) in [5.41, 5.74) is 9.27. The standard InChI is InChI=1S/C16H23NO/c17-12-16(7-2-8-16)15-4-1-3-14(11-15)13-5-9-18-10-6-13/h1,3-4,11,13H,2,5-10,12,17H2. The van der Waals surface area contributed by atoms with Crippen LogP contribution < -0.4 is 5.73 Å². The van der Waals surface area contributed by atoms with E-state index in [0.29, 0.717) is 11.3 Å². The molecule has 3 rings (SSSR count). The highest BCUT2D eigenvalue weighted by atomic mass is 16.5.